The predicted octanol–water partition coefficient (Wildman–Crippen LogP) is 2.51. The minimum atomic E-state index is -0.0750. The third-order valence-electron chi connectivity index (χ3n) is 6.12. The first-order valence-electron chi connectivity index (χ1n) is 11.9. The topological polar surface area (TPSA) is 78.9 Å². The van der Waals surface area contributed by atoms with Gasteiger partial charge in [-0.2, -0.15) is 0 Å². The molecule has 0 saturated carbocycles. The largest absolute Gasteiger partial charge is 0.383 e. The van der Waals surface area contributed by atoms with E-state index in [0.717, 1.165) is 22.6 Å². The van der Waals surface area contributed by atoms with Crippen LogP contribution in [0.2, 0.25) is 0 Å². The minimum Gasteiger partial charge on any atom is -0.383 e. The zero-order valence-corrected chi connectivity index (χ0v) is 20.0. The Labute approximate surface area is 206 Å². The molecular formula is C27H31N5O3. The molecule has 0 aliphatic carbocycles. The van der Waals surface area contributed by atoms with E-state index in [1.165, 1.54) is 0 Å². The quantitative estimate of drug-likeness (QED) is 0.475. The van der Waals surface area contributed by atoms with Crippen molar-refractivity contribution in [1.82, 2.24) is 20.0 Å². The number of benzene rings is 2. The molecule has 0 N–H and O–H groups in total. The Hall–Kier alpha value is -3.78. The van der Waals surface area contributed by atoms with E-state index in [2.05, 4.69) is 15.1 Å². The average molecular weight is 474 g/mol. The molecule has 4 rings (SSSR count). The molecule has 0 spiro atoms. The lowest BCUT2D eigenvalue weighted by atomic mass is 10.1. The smallest absolute Gasteiger partial charge is 0.242 e. The summed E-state index contributed by atoms with van der Waals surface area (Å²) in [5, 5.41) is 8.77. The van der Waals surface area contributed by atoms with Gasteiger partial charge in [0.15, 0.2) is 5.82 Å². The van der Waals surface area contributed by atoms with Gasteiger partial charge in [-0.15, -0.1) is 10.2 Å². The fraction of sp³-hybridized carbons (Fsp3) is 0.333. The lowest BCUT2D eigenvalue weighted by Crippen LogP contribution is -2.52. The highest BCUT2D eigenvalue weighted by atomic mass is 16.5. The second-order valence-corrected chi connectivity index (χ2v) is 8.48. The number of anilines is 1. The highest BCUT2D eigenvalue weighted by Crippen LogP contribution is 2.19. The Bertz CT molecular complexity index is 1080. The van der Waals surface area contributed by atoms with Gasteiger partial charge in [-0.3, -0.25) is 9.59 Å². The summed E-state index contributed by atoms with van der Waals surface area (Å²) in [6.07, 6.45) is 0.267. The number of piperazine rings is 1. The van der Waals surface area contributed by atoms with E-state index in [-0.39, 0.29) is 24.8 Å². The normalized spacial score (nSPS) is 13.5. The Morgan fingerprint density at radius 1 is 0.886 bits per heavy atom. The first-order chi connectivity index (χ1) is 17.1. The van der Waals surface area contributed by atoms with Crippen LogP contribution in [0.1, 0.15) is 5.56 Å². The van der Waals surface area contributed by atoms with E-state index in [0.29, 0.717) is 39.3 Å². The summed E-state index contributed by atoms with van der Waals surface area (Å²) in [5.41, 5.74) is 2.79. The molecule has 8 heteroatoms. The maximum atomic E-state index is 13.0. The first-order valence-corrected chi connectivity index (χ1v) is 11.9. The number of hydrogen-bond acceptors (Lipinski definition) is 6. The van der Waals surface area contributed by atoms with Crippen LogP contribution in [0, 0.1) is 0 Å². The molecule has 1 aliphatic heterocycles. The molecule has 2 heterocycles. The van der Waals surface area contributed by atoms with Crippen LogP contribution in [0.4, 0.5) is 5.82 Å². The number of carbonyl (C=O) groups is 2. The van der Waals surface area contributed by atoms with Crippen LogP contribution in [0.15, 0.2) is 72.8 Å². The van der Waals surface area contributed by atoms with Gasteiger partial charge in [-0.05, 0) is 17.7 Å². The van der Waals surface area contributed by atoms with Gasteiger partial charge in [-0.1, -0.05) is 60.7 Å². The molecule has 2 amide bonds. The number of hydrogen-bond donors (Lipinski definition) is 0. The van der Waals surface area contributed by atoms with Crippen molar-refractivity contribution in [1.29, 1.82) is 0 Å². The molecule has 1 fully saturated rings. The molecule has 8 nitrogen and oxygen atoms in total. The number of nitrogens with zero attached hydrogens (tertiary/aromatic N) is 5. The van der Waals surface area contributed by atoms with E-state index in [1.807, 2.05) is 77.7 Å². The van der Waals surface area contributed by atoms with Crippen LogP contribution >= 0.6 is 0 Å². The SMILES string of the molecule is COCCN(CC(=O)N1CCN(c2ccc(-c3ccccc3)nn2)CC1)C(=O)Cc1ccccc1. The number of rotatable bonds is 9. The number of carbonyl (C=O) groups excluding carboxylic acids is 2. The lowest BCUT2D eigenvalue weighted by Gasteiger charge is -2.36. The van der Waals surface area contributed by atoms with Crippen molar-refractivity contribution in [2.24, 2.45) is 0 Å². The zero-order chi connectivity index (χ0) is 24.5. The minimum absolute atomic E-state index is 0.0484. The summed E-state index contributed by atoms with van der Waals surface area (Å²) in [7, 11) is 1.59. The van der Waals surface area contributed by atoms with Crippen LogP contribution in [-0.4, -0.2) is 84.8 Å². The summed E-state index contributed by atoms with van der Waals surface area (Å²) in [6, 6.07) is 23.5. The second-order valence-electron chi connectivity index (χ2n) is 8.48. The van der Waals surface area contributed by atoms with E-state index in [4.69, 9.17) is 4.74 Å². The summed E-state index contributed by atoms with van der Waals surface area (Å²) in [5.74, 6) is 0.679. The van der Waals surface area contributed by atoms with Gasteiger partial charge < -0.3 is 19.4 Å². The van der Waals surface area contributed by atoms with Crippen molar-refractivity contribution in [2.45, 2.75) is 6.42 Å². The maximum absolute atomic E-state index is 13.0. The molecule has 182 valence electrons. The van der Waals surface area contributed by atoms with Crippen LogP contribution in [-0.2, 0) is 20.7 Å². The van der Waals surface area contributed by atoms with Crippen molar-refractivity contribution in [3.63, 3.8) is 0 Å². The highest BCUT2D eigenvalue weighted by Gasteiger charge is 2.25. The first kappa shape index (κ1) is 24.3. The molecule has 2 aromatic carbocycles. The third-order valence-corrected chi connectivity index (χ3v) is 6.12. The Morgan fingerprint density at radius 2 is 1.57 bits per heavy atom. The molecule has 1 saturated heterocycles. The van der Waals surface area contributed by atoms with Crippen molar-refractivity contribution in [3.05, 3.63) is 78.4 Å². The zero-order valence-electron chi connectivity index (χ0n) is 20.0. The fourth-order valence-electron chi connectivity index (χ4n) is 4.08. The van der Waals surface area contributed by atoms with Gasteiger partial charge in [0.1, 0.15) is 0 Å². The molecule has 3 aromatic rings. The van der Waals surface area contributed by atoms with Gasteiger partial charge in [0, 0.05) is 45.4 Å². The highest BCUT2D eigenvalue weighted by molar-refractivity contribution is 5.86. The molecule has 0 bridgehead atoms. The van der Waals surface area contributed by atoms with Crippen molar-refractivity contribution in [2.75, 3.05) is 57.9 Å². The van der Waals surface area contributed by atoms with Crippen molar-refractivity contribution in [3.8, 4) is 11.3 Å². The van der Waals surface area contributed by atoms with Gasteiger partial charge in [-0.25, -0.2) is 0 Å². The lowest BCUT2D eigenvalue weighted by molar-refractivity contribution is -0.140. The van der Waals surface area contributed by atoms with E-state index in [9.17, 15) is 9.59 Å². The fourth-order valence-corrected chi connectivity index (χ4v) is 4.08. The monoisotopic (exact) mass is 473 g/mol. The van der Waals surface area contributed by atoms with Gasteiger partial charge in [0.2, 0.25) is 11.8 Å². The van der Waals surface area contributed by atoms with Crippen LogP contribution < -0.4 is 4.90 Å². The van der Waals surface area contributed by atoms with Gasteiger partial charge in [0.25, 0.3) is 0 Å². The Morgan fingerprint density at radius 3 is 2.20 bits per heavy atom. The third kappa shape index (κ3) is 6.64. The van der Waals surface area contributed by atoms with Crippen LogP contribution in [0.25, 0.3) is 11.3 Å². The molecular weight excluding hydrogens is 442 g/mol. The molecule has 1 aliphatic rings. The van der Waals surface area contributed by atoms with E-state index in [1.54, 1.807) is 12.0 Å². The van der Waals surface area contributed by atoms with Crippen LogP contribution in [0.5, 0.6) is 0 Å². The Kier molecular flexibility index (Phi) is 8.40. The summed E-state index contributed by atoms with van der Waals surface area (Å²) < 4.78 is 5.16. The number of methoxy groups -OCH3 is 1. The summed E-state index contributed by atoms with van der Waals surface area (Å²) in [6.45, 7) is 3.32. The number of aromatic nitrogens is 2. The molecule has 35 heavy (non-hydrogen) atoms. The molecule has 1 aromatic heterocycles. The van der Waals surface area contributed by atoms with Gasteiger partial charge >= 0.3 is 0 Å². The van der Waals surface area contributed by atoms with E-state index >= 15 is 0 Å². The Balaban J connectivity index is 1.31. The summed E-state index contributed by atoms with van der Waals surface area (Å²) in [4.78, 5) is 31.4. The second kappa shape index (κ2) is 12.1. The molecule has 0 unspecified atom stereocenters. The average Bonchev–Trinajstić information content (AvgIpc) is 2.92. The number of amides is 2. The predicted molar refractivity (Wildman–Crippen MR) is 135 cm³/mol. The maximum Gasteiger partial charge on any atom is 0.242 e. The number of ether oxygens (including phenoxy) is 1. The standard InChI is InChI=1S/C27H31N5O3/c1-35-19-18-32(26(33)20-22-8-4-2-5-9-22)21-27(34)31-16-14-30(15-17-31)25-13-12-24(28-29-25)23-10-6-3-7-11-23/h2-13H,14-21H2,1H3. The summed E-state index contributed by atoms with van der Waals surface area (Å²) >= 11 is 0. The molecule has 0 atom stereocenters. The van der Waals surface area contributed by atoms with Gasteiger partial charge in [0.05, 0.1) is 25.3 Å². The van der Waals surface area contributed by atoms with Crippen molar-refractivity contribution < 1.29 is 14.3 Å². The van der Waals surface area contributed by atoms with E-state index < -0.39 is 0 Å². The molecule has 0 radical (unpaired) electrons. The van der Waals surface area contributed by atoms with Crippen LogP contribution in [0.3, 0.4) is 0 Å². The van der Waals surface area contributed by atoms with Crippen molar-refractivity contribution >= 4 is 17.6 Å².